The number of aliphatic carboxylic acids is 1. The van der Waals surface area contributed by atoms with Gasteiger partial charge < -0.3 is 10.4 Å². The van der Waals surface area contributed by atoms with Gasteiger partial charge in [-0.25, -0.2) is 4.79 Å². The number of rotatable bonds is 4. The van der Waals surface area contributed by atoms with Gasteiger partial charge in [0.05, 0.1) is 0 Å². The third-order valence-electron chi connectivity index (χ3n) is 3.87. The number of hydrogen-bond acceptors (Lipinski definition) is 2. The smallest absolute Gasteiger partial charge is 0.327 e. The molecule has 2 unspecified atom stereocenters. The topological polar surface area (TPSA) is 66.4 Å². The van der Waals surface area contributed by atoms with Crippen molar-refractivity contribution in [2.75, 3.05) is 0 Å². The Morgan fingerprint density at radius 3 is 2.58 bits per heavy atom. The molecule has 1 heterocycles. The second-order valence-electron chi connectivity index (χ2n) is 5.38. The maximum absolute atomic E-state index is 11.5. The van der Waals surface area contributed by atoms with Gasteiger partial charge in [0.15, 0.2) is 0 Å². The first-order valence-electron chi connectivity index (χ1n) is 6.59. The Morgan fingerprint density at radius 1 is 1.42 bits per heavy atom. The van der Waals surface area contributed by atoms with Gasteiger partial charge in [-0.2, -0.15) is 0 Å². The first-order valence-corrected chi connectivity index (χ1v) is 6.59. The van der Waals surface area contributed by atoms with Crippen LogP contribution in [0.1, 0.15) is 37.8 Å². The van der Waals surface area contributed by atoms with Gasteiger partial charge in [-0.1, -0.05) is 44.5 Å². The fraction of sp³-hybridized carbons (Fsp3) is 0.467. The van der Waals surface area contributed by atoms with Crippen molar-refractivity contribution in [1.82, 2.24) is 5.32 Å². The number of nitrogens with one attached hydrogen (secondary N) is 1. The van der Waals surface area contributed by atoms with Crippen LogP contribution in [0.2, 0.25) is 0 Å². The molecule has 0 spiro atoms. The molecule has 0 radical (unpaired) electrons. The summed E-state index contributed by atoms with van der Waals surface area (Å²) >= 11 is 0. The summed E-state index contributed by atoms with van der Waals surface area (Å²) in [4.78, 5) is 22.8. The van der Waals surface area contributed by atoms with Crippen LogP contribution in [0.3, 0.4) is 0 Å². The van der Waals surface area contributed by atoms with Crippen LogP contribution in [0.15, 0.2) is 24.3 Å². The number of amides is 1. The number of carbonyl (C=O) groups excluding carboxylic acids is 1. The van der Waals surface area contributed by atoms with Crippen molar-refractivity contribution in [1.29, 1.82) is 0 Å². The minimum atomic E-state index is -0.981. The molecule has 0 saturated carbocycles. The molecule has 0 bridgehead atoms. The van der Waals surface area contributed by atoms with Crippen LogP contribution in [0.5, 0.6) is 0 Å². The average Bonchev–Trinajstić information content (AvgIpc) is 2.67. The van der Waals surface area contributed by atoms with Crippen molar-refractivity contribution >= 4 is 11.9 Å². The summed E-state index contributed by atoms with van der Waals surface area (Å²) < 4.78 is 0. The molecule has 102 valence electrons. The first kappa shape index (κ1) is 13.6. The second kappa shape index (κ2) is 5.03. The van der Waals surface area contributed by atoms with Gasteiger partial charge in [-0.3, -0.25) is 4.79 Å². The fourth-order valence-corrected chi connectivity index (χ4v) is 2.75. The van der Waals surface area contributed by atoms with Gasteiger partial charge >= 0.3 is 5.97 Å². The van der Waals surface area contributed by atoms with Crippen LogP contribution in [0, 0.1) is 0 Å². The zero-order valence-electron chi connectivity index (χ0n) is 11.3. The van der Waals surface area contributed by atoms with Crippen molar-refractivity contribution in [2.24, 2.45) is 0 Å². The summed E-state index contributed by atoms with van der Waals surface area (Å²) in [5.41, 5.74) is 1.46. The molecule has 1 fully saturated rings. The number of carboxylic acid groups (broad SMARTS) is 1. The number of aryl methyl sites for hydroxylation is 1. The molecule has 1 aromatic rings. The zero-order chi connectivity index (χ0) is 14.0. The van der Waals surface area contributed by atoms with Crippen LogP contribution >= 0.6 is 0 Å². The minimum absolute atomic E-state index is 0.201. The molecule has 1 saturated heterocycles. The summed E-state index contributed by atoms with van der Waals surface area (Å²) in [6.45, 7) is 3.95. The second-order valence-corrected chi connectivity index (χ2v) is 5.38. The predicted molar refractivity (Wildman–Crippen MR) is 72.0 cm³/mol. The monoisotopic (exact) mass is 261 g/mol. The number of hydrogen-bond donors (Lipinski definition) is 2. The van der Waals surface area contributed by atoms with Crippen LogP contribution in [-0.2, 0) is 21.4 Å². The van der Waals surface area contributed by atoms with Crippen molar-refractivity contribution in [3.05, 3.63) is 35.4 Å². The maximum atomic E-state index is 11.5. The van der Waals surface area contributed by atoms with Crippen molar-refractivity contribution in [3.8, 4) is 0 Å². The molecule has 0 aliphatic carbocycles. The van der Waals surface area contributed by atoms with Gasteiger partial charge in [0.1, 0.15) is 6.04 Å². The van der Waals surface area contributed by atoms with Crippen molar-refractivity contribution in [2.45, 2.75) is 44.6 Å². The SMILES string of the molecule is CCCc1ccc(C2(C)CC(=O)NC2C(=O)O)cc1. The van der Waals surface area contributed by atoms with E-state index in [9.17, 15) is 14.7 Å². The molecule has 1 aliphatic heterocycles. The van der Waals surface area contributed by atoms with Gasteiger partial charge in [0.25, 0.3) is 0 Å². The molecular formula is C15H19NO3. The lowest BCUT2D eigenvalue weighted by molar-refractivity contribution is -0.141. The highest BCUT2D eigenvalue weighted by Gasteiger charge is 2.48. The Morgan fingerprint density at radius 2 is 2.05 bits per heavy atom. The van der Waals surface area contributed by atoms with Crippen LogP contribution in [-0.4, -0.2) is 23.0 Å². The molecule has 4 heteroatoms. The van der Waals surface area contributed by atoms with Crippen LogP contribution in [0.25, 0.3) is 0 Å². The predicted octanol–water partition coefficient (Wildman–Crippen LogP) is 1.87. The van der Waals surface area contributed by atoms with Crippen molar-refractivity contribution < 1.29 is 14.7 Å². The number of benzene rings is 1. The Bertz CT molecular complexity index is 495. The van der Waals surface area contributed by atoms with E-state index in [4.69, 9.17) is 0 Å². The maximum Gasteiger partial charge on any atom is 0.327 e. The average molecular weight is 261 g/mol. The van der Waals surface area contributed by atoms with Gasteiger partial charge in [0.2, 0.25) is 5.91 Å². The van der Waals surface area contributed by atoms with Gasteiger partial charge in [0, 0.05) is 11.8 Å². The standard InChI is InChI=1S/C15H19NO3/c1-3-4-10-5-7-11(8-6-10)15(2)9-12(17)16-13(15)14(18)19/h5-8,13H,3-4,9H2,1-2H3,(H,16,17)(H,18,19). The first-order chi connectivity index (χ1) is 8.97. The zero-order valence-corrected chi connectivity index (χ0v) is 11.3. The summed E-state index contributed by atoms with van der Waals surface area (Å²) in [5, 5.41) is 11.8. The van der Waals surface area contributed by atoms with E-state index in [2.05, 4.69) is 12.2 Å². The lowest BCUT2D eigenvalue weighted by atomic mass is 9.76. The molecule has 1 aliphatic rings. The van der Waals surface area contributed by atoms with Crippen molar-refractivity contribution in [3.63, 3.8) is 0 Å². The van der Waals surface area contributed by atoms with Gasteiger partial charge in [-0.15, -0.1) is 0 Å². The van der Waals surface area contributed by atoms with Gasteiger partial charge in [-0.05, 0) is 17.5 Å². The van der Waals surface area contributed by atoms with E-state index in [0.29, 0.717) is 0 Å². The van der Waals surface area contributed by atoms with Crippen LogP contribution < -0.4 is 5.32 Å². The molecule has 1 aromatic carbocycles. The molecule has 1 amide bonds. The normalized spacial score (nSPS) is 26.2. The fourth-order valence-electron chi connectivity index (χ4n) is 2.75. The third kappa shape index (κ3) is 2.48. The highest BCUT2D eigenvalue weighted by Crippen LogP contribution is 2.36. The third-order valence-corrected chi connectivity index (χ3v) is 3.87. The molecule has 4 nitrogen and oxygen atoms in total. The molecule has 0 aromatic heterocycles. The minimum Gasteiger partial charge on any atom is -0.480 e. The largest absolute Gasteiger partial charge is 0.480 e. The van der Waals surface area contributed by atoms with E-state index in [1.165, 1.54) is 5.56 Å². The van der Waals surface area contributed by atoms with E-state index in [1.54, 1.807) is 0 Å². The molecule has 2 atom stereocenters. The van der Waals surface area contributed by atoms with E-state index in [0.717, 1.165) is 18.4 Å². The molecule has 2 rings (SSSR count). The van der Waals surface area contributed by atoms with E-state index < -0.39 is 17.4 Å². The van der Waals surface area contributed by atoms with E-state index >= 15 is 0 Å². The quantitative estimate of drug-likeness (QED) is 0.869. The Labute approximate surface area is 112 Å². The lowest BCUT2D eigenvalue weighted by Gasteiger charge is -2.27. The molecule has 2 N–H and O–H groups in total. The van der Waals surface area contributed by atoms with E-state index in [1.807, 2.05) is 31.2 Å². The highest BCUT2D eigenvalue weighted by molar-refractivity contribution is 5.90. The lowest BCUT2D eigenvalue weighted by Crippen LogP contribution is -2.44. The summed E-state index contributed by atoms with van der Waals surface area (Å²) in [6, 6.07) is 7.08. The van der Waals surface area contributed by atoms with E-state index in [-0.39, 0.29) is 12.3 Å². The van der Waals surface area contributed by atoms with Crippen LogP contribution in [0.4, 0.5) is 0 Å². The highest BCUT2D eigenvalue weighted by atomic mass is 16.4. The Kier molecular flexibility index (Phi) is 3.60. The Balaban J connectivity index is 2.32. The number of carboxylic acids is 1. The molecular weight excluding hydrogens is 242 g/mol. The summed E-state index contributed by atoms with van der Waals surface area (Å²) in [6.07, 6.45) is 2.31. The Hall–Kier alpha value is -1.84. The molecule has 19 heavy (non-hydrogen) atoms. The summed E-state index contributed by atoms with van der Waals surface area (Å²) in [5.74, 6) is -1.18. The number of carbonyl (C=O) groups is 2. The summed E-state index contributed by atoms with van der Waals surface area (Å²) in [7, 11) is 0.